The van der Waals surface area contributed by atoms with Gasteiger partial charge < -0.3 is 15.4 Å². The van der Waals surface area contributed by atoms with Crippen molar-refractivity contribution in [3.05, 3.63) is 58.6 Å². The summed E-state index contributed by atoms with van der Waals surface area (Å²) in [6, 6.07) is 11.2. The Morgan fingerprint density at radius 2 is 1.65 bits per heavy atom. The Bertz CT molecular complexity index is 860. The van der Waals surface area contributed by atoms with Gasteiger partial charge in [-0.2, -0.15) is 0 Å². The SMILES string of the molecule is COC(=O)c1cc(NC(=O)c2ccc(NC(=O)C3CC3)cc2)ccc1Cl. The van der Waals surface area contributed by atoms with Crippen molar-refractivity contribution in [1.82, 2.24) is 0 Å². The number of carbonyl (C=O) groups is 3. The Morgan fingerprint density at radius 1 is 1.00 bits per heavy atom. The van der Waals surface area contributed by atoms with Crippen molar-refractivity contribution < 1.29 is 19.1 Å². The zero-order chi connectivity index (χ0) is 18.7. The van der Waals surface area contributed by atoms with Gasteiger partial charge in [-0.3, -0.25) is 9.59 Å². The van der Waals surface area contributed by atoms with Crippen LogP contribution in [0.5, 0.6) is 0 Å². The summed E-state index contributed by atoms with van der Waals surface area (Å²) in [7, 11) is 1.26. The monoisotopic (exact) mass is 372 g/mol. The van der Waals surface area contributed by atoms with E-state index in [1.807, 2.05) is 0 Å². The third-order valence-corrected chi connectivity index (χ3v) is 4.32. The highest BCUT2D eigenvalue weighted by atomic mass is 35.5. The number of hydrogen-bond acceptors (Lipinski definition) is 4. The summed E-state index contributed by atoms with van der Waals surface area (Å²) in [6.45, 7) is 0. The highest BCUT2D eigenvalue weighted by Gasteiger charge is 2.29. The van der Waals surface area contributed by atoms with E-state index in [9.17, 15) is 14.4 Å². The zero-order valence-corrected chi connectivity index (χ0v) is 14.8. The maximum atomic E-state index is 12.4. The van der Waals surface area contributed by atoms with Crippen molar-refractivity contribution in [3.63, 3.8) is 0 Å². The summed E-state index contributed by atoms with van der Waals surface area (Å²) in [5, 5.41) is 5.76. The van der Waals surface area contributed by atoms with Gasteiger partial charge in [0.05, 0.1) is 17.7 Å². The molecule has 26 heavy (non-hydrogen) atoms. The molecule has 1 saturated carbocycles. The van der Waals surface area contributed by atoms with Gasteiger partial charge in [0.1, 0.15) is 0 Å². The molecule has 134 valence electrons. The van der Waals surface area contributed by atoms with E-state index in [0.29, 0.717) is 16.9 Å². The van der Waals surface area contributed by atoms with E-state index in [-0.39, 0.29) is 28.3 Å². The molecule has 6 nitrogen and oxygen atoms in total. The fourth-order valence-electron chi connectivity index (χ4n) is 2.37. The molecule has 0 aliphatic heterocycles. The smallest absolute Gasteiger partial charge is 0.339 e. The van der Waals surface area contributed by atoms with Gasteiger partial charge in [-0.05, 0) is 55.3 Å². The van der Waals surface area contributed by atoms with E-state index < -0.39 is 5.97 Å². The summed E-state index contributed by atoms with van der Waals surface area (Å²) in [5.41, 5.74) is 1.66. The van der Waals surface area contributed by atoms with Gasteiger partial charge in [0.2, 0.25) is 5.91 Å². The lowest BCUT2D eigenvalue weighted by Crippen LogP contribution is -2.15. The lowest BCUT2D eigenvalue weighted by Gasteiger charge is -2.09. The lowest BCUT2D eigenvalue weighted by molar-refractivity contribution is -0.117. The maximum Gasteiger partial charge on any atom is 0.339 e. The first-order valence-electron chi connectivity index (χ1n) is 8.08. The minimum Gasteiger partial charge on any atom is -0.465 e. The summed E-state index contributed by atoms with van der Waals surface area (Å²) < 4.78 is 4.66. The number of esters is 1. The first-order chi connectivity index (χ1) is 12.5. The van der Waals surface area contributed by atoms with Gasteiger partial charge in [0.25, 0.3) is 5.91 Å². The molecule has 1 aliphatic carbocycles. The molecule has 2 aromatic carbocycles. The summed E-state index contributed by atoms with van der Waals surface area (Å²) >= 11 is 5.96. The van der Waals surface area contributed by atoms with Crippen LogP contribution in [-0.4, -0.2) is 24.9 Å². The van der Waals surface area contributed by atoms with Crippen LogP contribution in [0.3, 0.4) is 0 Å². The molecule has 0 bridgehead atoms. The number of carbonyl (C=O) groups excluding carboxylic acids is 3. The van der Waals surface area contributed by atoms with Crippen molar-refractivity contribution in [2.24, 2.45) is 5.92 Å². The highest BCUT2D eigenvalue weighted by molar-refractivity contribution is 6.33. The average Bonchev–Trinajstić information content (AvgIpc) is 3.48. The van der Waals surface area contributed by atoms with Crippen LogP contribution in [0, 0.1) is 5.92 Å². The van der Waals surface area contributed by atoms with Gasteiger partial charge in [-0.15, -0.1) is 0 Å². The Labute approximate surface area is 155 Å². The van der Waals surface area contributed by atoms with Crippen molar-refractivity contribution in [1.29, 1.82) is 0 Å². The normalized spacial score (nSPS) is 13.0. The molecule has 2 N–H and O–H groups in total. The summed E-state index contributed by atoms with van der Waals surface area (Å²) in [4.78, 5) is 35.8. The van der Waals surface area contributed by atoms with E-state index in [2.05, 4.69) is 15.4 Å². The number of nitrogens with one attached hydrogen (secondary N) is 2. The fourth-order valence-corrected chi connectivity index (χ4v) is 2.56. The van der Waals surface area contributed by atoms with Crippen LogP contribution >= 0.6 is 11.6 Å². The third-order valence-electron chi connectivity index (χ3n) is 3.99. The van der Waals surface area contributed by atoms with Crippen LogP contribution in [0.15, 0.2) is 42.5 Å². The molecule has 0 unspecified atom stereocenters. The topological polar surface area (TPSA) is 84.5 Å². The van der Waals surface area contributed by atoms with Crippen LogP contribution in [0.2, 0.25) is 5.02 Å². The number of rotatable bonds is 5. The van der Waals surface area contributed by atoms with Crippen molar-refractivity contribution >= 4 is 40.8 Å². The third kappa shape index (κ3) is 4.21. The predicted octanol–water partition coefficient (Wildman–Crippen LogP) is 3.73. The van der Waals surface area contributed by atoms with Crippen LogP contribution < -0.4 is 10.6 Å². The fraction of sp³-hybridized carbons (Fsp3) is 0.211. The molecule has 0 atom stereocenters. The zero-order valence-electron chi connectivity index (χ0n) is 14.0. The Balaban J connectivity index is 1.67. The molecule has 0 radical (unpaired) electrons. The van der Waals surface area contributed by atoms with Crippen LogP contribution in [0.25, 0.3) is 0 Å². The van der Waals surface area contributed by atoms with E-state index in [0.717, 1.165) is 12.8 Å². The van der Waals surface area contributed by atoms with E-state index in [1.54, 1.807) is 30.3 Å². The predicted molar refractivity (Wildman–Crippen MR) is 98.5 cm³/mol. The number of ether oxygens (including phenoxy) is 1. The standard InChI is InChI=1S/C19H17ClN2O4/c1-26-19(25)15-10-14(8-9-16(15)20)22-18(24)12-4-6-13(7-5-12)21-17(23)11-2-3-11/h4-11H,2-3H2,1H3,(H,21,23)(H,22,24). The molecule has 3 rings (SSSR count). The Morgan fingerprint density at radius 3 is 2.27 bits per heavy atom. The first-order valence-corrected chi connectivity index (χ1v) is 8.46. The molecule has 0 heterocycles. The van der Waals surface area contributed by atoms with Gasteiger partial charge in [-0.25, -0.2) is 4.79 Å². The second-order valence-corrected chi connectivity index (χ2v) is 6.39. The minimum atomic E-state index is -0.582. The van der Waals surface area contributed by atoms with Gasteiger partial charge >= 0.3 is 5.97 Å². The number of hydrogen-bond donors (Lipinski definition) is 2. The largest absolute Gasteiger partial charge is 0.465 e. The molecule has 2 amide bonds. The molecule has 1 aliphatic rings. The van der Waals surface area contributed by atoms with E-state index in [4.69, 9.17) is 11.6 Å². The number of anilines is 2. The van der Waals surface area contributed by atoms with Crippen molar-refractivity contribution in [3.8, 4) is 0 Å². The number of methoxy groups -OCH3 is 1. The van der Waals surface area contributed by atoms with Crippen LogP contribution in [0.4, 0.5) is 11.4 Å². The molecule has 0 saturated heterocycles. The van der Waals surface area contributed by atoms with Crippen molar-refractivity contribution in [2.75, 3.05) is 17.7 Å². The lowest BCUT2D eigenvalue weighted by atomic mass is 10.1. The average molecular weight is 373 g/mol. The number of amides is 2. The second kappa shape index (κ2) is 7.58. The summed E-state index contributed by atoms with van der Waals surface area (Å²) in [6.07, 6.45) is 1.86. The van der Waals surface area contributed by atoms with E-state index in [1.165, 1.54) is 19.2 Å². The van der Waals surface area contributed by atoms with Gasteiger partial charge in [0.15, 0.2) is 0 Å². The molecular formula is C19H17ClN2O4. The van der Waals surface area contributed by atoms with Crippen LogP contribution in [0.1, 0.15) is 33.6 Å². The van der Waals surface area contributed by atoms with Crippen molar-refractivity contribution in [2.45, 2.75) is 12.8 Å². The minimum absolute atomic E-state index is 0.0127. The molecule has 1 fully saturated rings. The molecule has 7 heteroatoms. The summed E-state index contributed by atoms with van der Waals surface area (Å²) in [5.74, 6) is -0.796. The first kappa shape index (κ1) is 17.9. The van der Waals surface area contributed by atoms with Gasteiger partial charge in [0, 0.05) is 22.9 Å². The molecule has 0 aromatic heterocycles. The molecule has 2 aromatic rings. The quantitative estimate of drug-likeness (QED) is 0.783. The maximum absolute atomic E-state index is 12.4. The molecular weight excluding hydrogens is 356 g/mol. The van der Waals surface area contributed by atoms with Crippen LogP contribution in [-0.2, 0) is 9.53 Å². The second-order valence-electron chi connectivity index (χ2n) is 5.98. The van der Waals surface area contributed by atoms with E-state index >= 15 is 0 Å². The van der Waals surface area contributed by atoms with Gasteiger partial charge in [-0.1, -0.05) is 11.6 Å². The number of benzene rings is 2. The Kier molecular flexibility index (Phi) is 5.23. The number of halogens is 1. The Hall–Kier alpha value is -2.86. The highest BCUT2D eigenvalue weighted by Crippen LogP contribution is 2.30. The molecule has 0 spiro atoms.